The Morgan fingerprint density at radius 1 is 1.20 bits per heavy atom. The van der Waals surface area contributed by atoms with Crippen LogP contribution in [-0.4, -0.2) is 37.2 Å². The van der Waals surface area contributed by atoms with Crippen LogP contribution in [0, 0.1) is 11.3 Å². The molecule has 0 aromatic rings. The fourth-order valence-electron chi connectivity index (χ4n) is 4.12. The Bertz CT molecular complexity index is 263. The van der Waals surface area contributed by atoms with E-state index in [4.69, 9.17) is 4.74 Å². The molecule has 1 aliphatic heterocycles. The Balaban J connectivity index is 1.54. The van der Waals surface area contributed by atoms with Crippen molar-refractivity contribution in [2.75, 3.05) is 26.2 Å². The first-order valence-electron chi connectivity index (χ1n) is 9.01. The van der Waals surface area contributed by atoms with Gasteiger partial charge in [-0.1, -0.05) is 13.8 Å². The van der Waals surface area contributed by atoms with Crippen molar-refractivity contribution in [3.05, 3.63) is 0 Å². The third kappa shape index (κ3) is 4.46. The van der Waals surface area contributed by atoms with Crippen LogP contribution in [0.5, 0.6) is 0 Å². The molecular formula is C18H35NO. The first-order chi connectivity index (χ1) is 9.67. The lowest BCUT2D eigenvalue weighted by atomic mass is 9.56. The number of rotatable bonds is 8. The van der Waals surface area contributed by atoms with E-state index >= 15 is 0 Å². The van der Waals surface area contributed by atoms with Gasteiger partial charge in [-0.25, -0.2) is 0 Å². The molecule has 2 fully saturated rings. The molecule has 0 bridgehead atoms. The molecule has 1 unspecified atom stereocenters. The van der Waals surface area contributed by atoms with Crippen LogP contribution in [0.25, 0.3) is 0 Å². The molecule has 0 aromatic heterocycles. The van der Waals surface area contributed by atoms with Crippen molar-refractivity contribution in [2.45, 2.75) is 78.2 Å². The molecule has 1 atom stereocenters. The summed E-state index contributed by atoms with van der Waals surface area (Å²) in [4.78, 5) is 2.67. The van der Waals surface area contributed by atoms with Gasteiger partial charge in [0, 0.05) is 6.61 Å². The quantitative estimate of drug-likeness (QED) is 0.608. The summed E-state index contributed by atoms with van der Waals surface area (Å²) in [6, 6.07) is 0. The highest BCUT2D eigenvalue weighted by Gasteiger charge is 2.44. The zero-order valence-corrected chi connectivity index (χ0v) is 14.0. The topological polar surface area (TPSA) is 12.5 Å². The number of piperidine rings is 1. The van der Waals surface area contributed by atoms with E-state index in [1.54, 1.807) is 0 Å². The molecule has 2 rings (SSSR count). The molecule has 1 heterocycles. The SMILES string of the molecule is CCCN1CCC2(CC1)CC(CCCOC(C)CC)C2. The molecule has 1 saturated heterocycles. The summed E-state index contributed by atoms with van der Waals surface area (Å²) >= 11 is 0. The second-order valence-corrected chi connectivity index (χ2v) is 7.35. The van der Waals surface area contributed by atoms with Crippen LogP contribution in [0.15, 0.2) is 0 Å². The van der Waals surface area contributed by atoms with Crippen molar-refractivity contribution in [1.29, 1.82) is 0 Å². The summed E-state index contributed by atoms with van der Waals surface area (Å²) in [5, 5.41) is 0. The average molecular weight is 281 g/mol. The summed E-state index contributed by atoms with van der Waals surface area (Å²) in [6.07, 6.45) is 11.5. The fourth-order valence-corrected chi connectivity index (χ4v) is 4.12. The van der Waals surface area contributed by atoms with Crippen molar-refractivity contribution in [1.82, 2.24) is 4.90 Å². The molecule has 118 valence electrons. The van der Waals surface area contributed by atoms with Gasteiger partial charge in [0.15, 0.2) is 0 Å². The number of nitrogens with zero attached hydrogens (tertiary/aromatic N) is 1. The van der Waals surface area contributed by atoms with Gasteiger partial charge >= 0.3 is 0 Å². The third-order valence-electron chi connectivity index (χ3n) is 5.63. The van der Waals surface area contributed by atoms with E-state index in [0.29, 0.717) is 6.10 Å². The molecule has 0 radical (unpaired) electrons. The van der Waals surface area contributed by atoms with Crippen molar-refractivity contribution in [2.24, 2.45) is 11.3 Å². The summed E-state index contributed by atoms with van der Waals surface area (Å²) < 4.78 is 5.78. The highest BCUT2D eigenvalue weighted by molar-refractivity contribution is 4.96. The molecule has 0 amide bonds. The normalized spacial score (nSPS) is 24.8. The molecule has 1 spiro atoms. The van der Waals surface area contributed by atoms with E-state index in [9.17, 15) is 0 Å². The highest BCUT2D eigenvalue weighted by Crippen LogP contribution is 2.53. The zero-order valence-electron chi connectivity index (χ0n) is 14.0. The minimum atomic E-state index is 0.450. The summed E-state index contributed by atoms with van der Waals surface area (Å²) in [6.45, 7) is 11.7. The number of hydrogen-bond acceptors (Lipinski definition) is 2. The van der Waals surface area contributed by atoms with Crippen molar-refractivity contribution < 1.29 is 4.74 Å². The molecule has 2 nitrogen and oxygen atoms in total. The number of likely N-dealkylation sites (tertiary alicyclic amines) is 1. The molecule has 0 N–H and O–H groups in total. The molecule has 2 aliphatic rings. The summed E-state index contributed by atoms with van der Waals surface area (Å²) in [5.41, 5.74) is 0.756. The third-order valence-corrected chi connectivity index (χ3v) is 5.63. The first-order valence-corrected chi connectivity index (χ1v) is 9.01. The molecule has 0 aromatic carbocycles. The van der Waals surface area contributed by atoms with Crippen LogP contribution in [0.4, 0.5) is 0 Å². The Labute approximate surface area is 126 Å². The monoisotopic (exact) mass is 281 g/mol. The lowest BCUT2D eigenvalue weighted by Gasteiger charge is -2.52. The van der Waals surface area contributed by atoms with Crippen molar-refractivity contribution in [3.63, 3.8) is 0 Å². The molecule has 1 aliphatic carbocycles. The second-order valence-electron chi connectivity index (χ2n) is 7.35. The van der Waals surface area contributed by atoms with Gasteiger partial charge in [-0.15, -0.1) is 0 Å². The van der Waals surface area contributed by atoms with Gasteiger partial charge in [-0.05, 0) is 89.3 Å². The van der Waals surface area contributed by atoms with Crippen LogP contribution in [0.2, 0.25) is 0 Å². The van der Waals surface area contributed by atoms with Crippen LogP contribution in [-0.2, 0) is 4.74 Å². The maximum atomic E-state index is 5.78. The van der Waals surface area contributed by atoms with Crippen molar-refractivity contribution in [3.8, 4) is 0 Å². The largest absolute Gasteiger partial charge is 0.379 e. The van der Waals surface area contributed by atoms with Gasteiger partial charge in [-0.2, -0.15) is 0 Å². The Hall–Kier alpha value is -0.0800. The molecule has 1 saturated carbocycles. The van der Waals surface area contributed by atoms with Gasteiger partial charge in [0.2, 0.25) is 0 Å². The highest BCUT2D eigenvalue weighted by atomic mass is 16.5. The lowest BCUT2D eigenvalue weighted by molar-refractivity contribution is -0.0215. The van der Waals surface area contributed by atoms with E-state index in [2.05, 4.69) is 25.7 Å². The lowest BCUT2D eigenvalue weighted by Crippen LogP contribution is -2.47. The minimum Gasteiger partial charge on any atom is -0.379 e. The Morgan fingerprint density at radius 2 is 1.90 bits per heavy atom. The minimum absolute atomic E-state index is 0.450. The maximum Gasteiger partial charge on any atom is 0.0544 e. The smallest absolute Gasteiger partial charge is 0.0544 e. The summed E-state index contributed by atoms with van der Waals surface area (Å²) in [7, 11) is 0. The van der Waals surface area contributed by atoms with Gasteiger partial charge in [0.05, 0.1) is 6.10 Å². The zero-order chi connectivity index (χ0) is 14.4. The predicted octanol–water partition coefficient (Wildman–Crippen LogP) is 4.48. The van der Waals surface area contributed by atoms with Gasteiger partial charge in [-0.3, -0.25) is 0 Å². The molecular weight excluding hydrogens is 246 g/mol. The van der Waals surface area contributed by atoms with Crippen LogP contribution in [0.1, 0.15) is 72.1 Å². The second kappa shape index (κ2) is 7.79. The number of hydrogen-bond donors (Lipinski definition) is 0. The number of ether oxygens (including phenoxy) is 1. The van der Waals surface area contributed by atoms with E-state index < -0.39 is 0 Å². The van der Waals surface area contributed by atoms with Crippen LogP contribution in [0.3, 0.4) is 0 Å². The predicted molar refractivity (Wildman–Crippen MR) is 86.1 cm³/mol. The van der Waals surface area contributed by atoms with Gasteiger partial charge in [0.25, 0.3) is 0 Å². The molecule has 2 heteroatoms. The fraction of sp³-hybridized carbons (Fsp3) is 1.00. The Morgan fingerprint density at radius 3 is 2.50 bits per heavy atom. The van der Waals surface area contributed by atoms with Gasteiger partial charge in [0.1, 0.15) is 0 Å². The Kier molecular flexibility index (Phi) is 6.35. The summed E-state index contributed by atoms with van der Waals surface area (Å²) in [5.74, 6) is 1.01. The van der Waals surface area contributed by atoms with E-state index in [1.165, 1.54) is 64.6 Å². The maximum absolute atomic E-state index is 5.78. The first kappa shape index (κ1) is 16.3. The standard InChI is InChI=1S/C18H35NO/c1-4-10-19-11-8-18(9-12-19)14-17(15-18)7-6-13-20-16(3)5-2/h16-17H,4-15H2,1-3H3. The molecule has 20 heavy (non-hydrogen) atoms. The van der Waals surface area contributed by atoms with Crippen LogP contribution < -0.4 is 0 Å². The van der Waals surface area contributed by atoms with Crippen LogP contribution >= 0.6 is 0 Å². The van der Waals surface area contributed by atoms with E-state index in [1.807, 2.05) is 0 Å². The van der Waals surface area contributed by atoms with E-state index in [-0.39, 0.29) is 0 Å². The average Bonchev–Trinajstić information content (AvgIpc) is 2.43. The van der Waals surface area contributed by atoms with Gasteiger partial charge < -0.3 is 9.64 Å². The van der Waals surface area contributed by atoms with Crippen molar-refractivity contribution >= 4 is 0 Å². The van der Waals surface area contributed by atoms with E-state index in [0.717, 1.165) is 24.4 Å².